The molecule has 0 aromatic heterocycles. The molecule has 0 saturated carbocycles. The summed E-state index contributed by atoms with van der Waals surface area (Å²) in [6.07, 6.45) is 0.293. The van der Waals surface area contributed by atoms with Gasteiger partial charge >= 0.3 is 0 Å². The van der Waals surface area contributed by atoms with E-state index in [0.29, 0.717) is 13.0 Å². The molecule has 0 radical (unpaired) electrons. The van der Waals surface area contributed by atoms with Crippen molar-refractivity contribution in [3.05, 3.63) is 42.5 Å². The van der Waals surface area contributed by atoms with Crippen LogP contribution in [0.2, 0.25) is 0 Å². The van der Waals surface area contributed by atoms with Crippen molar-refractivity contribution in [2.45, 2.75) is 21.4 Å². The molecule has 0 aliphatic carbocycles. The summed E-state index contributed by atoms with van der Waals surface area (Å²) in [6, 6.07) is 12.7. The summed E-state index contributed by atoms with van der Waals surface area (Å²) in [5, 5.41) is 14.4. The first-order chi connectivity index (χ1) is 9.98. The summed E-state index contributed by atoms with van der Waals surface area (Å²) in [7, 11) is -3.68. The summed E-state index contributed by atoms with van der Waals surface area (Å²) in [4.78, 5) is -1.10. The van der Waals surface area contributed by atoms with E-state index in [9.17, 15) is 13.5 Å². The highest BCUT2D eigenvalue weighted by molar-refractivity contribution is 7.93. The molecule has 1 aliphatic heterocycles. The minimum Gasteiger partial charge on any atom is -0.393 e. The number of thiol groups is 1. The van der Waals surface area contributed by atoms with E-state index in [1.54, 1.807) is 18.2 Å². The number of fused-ring (bicyclic) bond motifs is 1. The lowest BCUT2D eigenvalue weighted by Crippen LogP contribution is -2.50. The van der Waals surface area contributed by atoms with Gasteiger partial charge in [0.05, 0.1) is 11.5 Å². The van der Waals surface area contributed by atoms with Crippen LogP contribution in [0.4, 0.5) is 0 Å². The highest BCUT2D eigenvalue weighted by Crippen LogP contribution is 2.34. The van der Waals surface area contributed by atoms with Crippen LogP contribution in [0, 0.1) is 0 Å². The maximum Gasteiger partial charge on any atom is 0.199 e. The Kier molecular flexibility index (Phi) is 3.73. The van der Waals surface area contributed by atoms with Crippen molar-refractivity contribution < 1.29 is 13.5 Å². The van der Waals surface area contributed by atoms with Crippen molar-refractivity contribution >= 4 is 33.2 Å². The smallest absolute Gasteiger partial charge is 0.199 e. The van der Waals surface area contributed by atoms with E-state index in [-0.39, 0.29) is 10.1 Å². The molecule has 0 amide bonds. The monoisotopic (exact) mass is 323 g/mol. The van der Waals surface area contributed by atoms with Gasteiger partial charge in [0.25, 0.3) is 0 Å². The van der Waals surface area contributed by atoms with Gasteiger partial charge in [0.1, 0.15) is 0 Å². The fraction of sp³-hybridized carbons (Fsp3) is 0.333. The van der Waals surface area contributed by atoms with Gasteiger partial charge in [-0.2, -0.15) is 12.6 Å². The second kappa shape index (κ2) is 5.28. The van der Waals surface area contributed by atoms with Crippen LogP contribution >= 0.6 is 12.6 Å². The first-order valence-corrected chi connectivity index (χ1v) is 8.76. The second-order valence-electron chi connectivity index (χ2n) is 5.40. The molecule has 4 nitrogen and oxygen atoms in total. The van der Waals surface area contributed by atoms with Gasteiger partial charge in [-0.3, -0.25) is 5.32 Å². The summed E-state index contributed by atoms with van der Waals surface area (Å²) in [6.45, 7) is 0.00963. The predicted octanol–water partition coefficient (Wildman–Crippen LogP) is 1.59. The van der Waals surface area contributed by atoms with E-state index in [2.05, 4.69) is 17.9 Å². The molecule has 6 heteroatoms. The molecule has 112 valence electrons. The van der Waals surface area contributed by atoms with Crippen LogP contribution < -0.4 is 5.32 Å². The van der Waals surface area contributed by atoms with Crippen molar-refractivity contribution in [1.82, 2.24) is 5.32 Å². The molecule has 2 N–H and O–H groups in total. The zero-order valence-corrected chi connectivity index (χ0v) is 13.1. The lowest BCUT2D eigenvalue weighted by atomic mass is 10.1. The Morgan fingerprint density at radius 1 is 1.24 bits per heavy atom. The zero-order chi connectivity index (χ0) is 15.1. The zero-order valence-electron chi connectivity index (χ0n) is 11.4. The van der Waals surface area contributed by atoms with Gasteiger partial charge in [0.15, 0.2) is 14.7 Å². The molecule has 3 rings (SSSR count). The first kappa shape index (κ1) is 14.8. The molecule has 0 spiro atoms. The number of aliphatic hydroxyl groups excluding tert-OH is 1. The molecule has 2 aromatic rings. The Morgan fingerprint density at radius 3 is 2.57 bits per heavy atom. The highest BCUT2D eigenvalue weighted by Gasteiger charge is 2.49. The summed E-state index contributed by atoms with van der Waals surface area (Å²) in [5.74, 6) is 0. The van der Waals surface area contributed by atoms with Crippen molar-refractivity contribution in [2.75, 3.05) is 13.2 Å². The van der Waals surface area contributed by atoms with Gasteiger partial charge in [-0.05, 0) is 29.3 Å². The number of rotatable bonds is 3. The van der Waals surface area contributed by atoms with Crippen LogP contribution in [0.15, 0.2) is 47.4 Å². The molecule has 2 atom stereocenters. The second-order valence-corrected chi connectivity index (χ2v) is 8.39. The molecule has 1 heterocycles. The molecule has 1 fully saturated rings. The van der Waals surface area contributed by atoms with Crippen LogP contribution in [0.25, 0.3) is 10.8 Å². The Hall–Kier alpha value is -1.08. The van der Waals surface area contributed by atoms with Crippen molar-refractivity contribution in [2.24, 2.45) is 0 Å². The predicted molar refractivity (Wildman–Crippen MR) is 86.3 cm³/mol. The van der Waals surface area contributed by atoms with Crippen molar-refractivity contribution in [3.63, 3.8) is 0 Å². The lowest BCUT2D eigenvalue weighted by Gasteiger charge is -2.27. The normalized spacial score (nSPS) is 26.3. The van der Waals surface area contributed by atoms with E-state index in [1.807, 2.05) is 24.3 Å². The van der Waals surface area contributed by atoms with Crippen molar-refractivity contribution in [1.29, 1.82) is 0 Å². The number of sulfone groups is 1. The SMILES string of the molecule is O=S(=O)(c1ccc2ccccc2c1)[C@@]1(CO)C[C@@H](S)CN1. The third-order valence-corrected chi connectivity index (χ3v) is 6.73. The van der Waals surface area contributed by atoms with Gasteiger partial charge in [-0.1, -0.05) is 30.3 Å². The molecule has 21 heavy (non-hydrogen) atoms. The number of hydrogen-bond acceptors (Lipinski definition) is 5. The maximum atomic E-state index is 12.9. The molecule has 2 aromatic carbocycles. The number of nitrogens with one attached hydrogen (secondary N) is 1. The van der Waals surface area contributed by atoms with E-state index in [4.69, 9.17) is 0 Å². The van der Waals surface area contributed by atoms with Gasteiger partial charge in [0.2, 0.25) is 0 Å². The van der Waals surface area contributed by atoms with Crippen molar-refractivity contribution in [3.8, 4) is 0 Å². The van der Waals surface area contributed by atoms with Gasteiger partial charge in [-0.15, -0.1) is 0 Å². The summed E-state index contributed by atoms with van der Waals surface area (Å²) < 4.78 is 25.8. The van der Waals surface area contributed by atoms with E-state index < -0.39 is 21.3 Å². The minimum absolute atomic E-state index is 0.0765. The Morgan fingerprint density at radius 2 is 1.95 bits per heavy atom. The number of aliphatic hydroxyl groups is 1. The molecule has 1 aliphatic rings. The van der Waals surface area contributed by atoms with E-state index in [1.165, 1.54) is 0 Å². The Balaban J connectivity index is 2.11. The molecule has 0 unspecified atom stereocenters. The quantitative estimate of drug-likeness (QED) is 0.751. The molecule has 1 saturated heterocycles. The number of benzene rings is 2. The summed E-state index contributed by atoms with van der Waals surface area (Å²) in [5.41, 5.74) is 0. The van der Waals surface area contributed by atoms with Crippen LogP contribution in [0.3, 0.4) is 0 Å². The fourth-order valence-corrected chi connectivity index (χ4v) is 5.17. The maximum absolute atomic E-state index is 12.9. The van der Waals surface area contributed by atoms with Crippen LogP contribution in [0.1, 0.15) is 6.42 Å². The van der Waals surface area contributed by atoms with Crippen LogP contribution in [-0.2, 0) is 9.84 Å². The average molecular weight is 323 g/mol. The van der Waals surface area contributed by atoms with Gasteiger partial charge < -0.3 is 5.11 Å². The molecular formula is C15H17NO3S2. The standard InChI is InChI=1S/C15H17NO3S2/c17-10-15(8-13(20)9-16-15)21(18,19)14-6-5-11-3-1-2-4-12(11)7-14/h1-7,13,16-17,20H,8-10H2/t13-,15-/m1/s1. The van der Waals surface area contributed by atoms with E-state index in [0.717, 1.165) is 10.8 Å². The first-order valence-electron chi connectivity index (χ1n) is 6.76. The Bertz CT molecular complexity index is 775. The van der Waals surface area contributed by atoms with Gasteiger partial charge in [-0.25, -0.2) is 8.42 Å². The summed E-state index contributed by atoms with van der Waals surface area (Å²) >= 11 is 4.32. The van der Waals surface area contributed by atoms with Gasteiger partial charge in [0, 0.05) is 11.8 Å². The largest absolute Gasteiger partial charge is 0.393 e. The Labute approximate surface area is 129 Å². The molecule has 0 bridgehead atoms. The minimum atomic E-state index is -3.68. The highest BCUT2D eigenvalue weighted by atomic mass is 32.2. The molecular weight excluding hydrogens is 306 g/mol. The third-order valence-electron chi connectivity index (χ3n) is 4.03. The lowest BCUT2D eigenvalue weighted by molar-refractivity contribution is 0.229. The average Bonchev–Trinajstić information content (AvgIpc) is 2.90. The number of hydrogen-bond donors (Lipinski definition) is 3. The van der Waals surface area contributed by atoms with Crippen LogP contribution in [0.5, 0.6) is 0 Å². The van der Waals surface area contributed by atoms with Crippen LogP contribution in [-0.4, -0.2) is 36.8 Å². The fourth-order valence-electron chi connectivity index (χ4n) is 2.80. The van der Waals surface area contributed by atoms with E-state index >= 15 is 0 Å². The third kappa shape index (κ3) is 2.36. The topological polar surface area (TPSA) is 66.4 Å².